The molecular weight excluding hydrogens is 382 g/mol. The number of rotatable bonds is 6. The highest BCUT2D eigenvalue weighted by Crippen LogP contribution is 2.57. The van der Waals surface area contributed by atoms with E-state index in [2.05, 4.69) is 35.5 Å². The zero-order valence-corrected chi connectivity index (χ0v) is 18.6. The number of nitrogens with zero attached hydrogens (tertiary/aromatic N) is 1. The van der Waals surface area contributed by atoms with Gasteiger partial charge in [-0.15, -0.1) is 0 Å². The summed E-state index contributed by atoms with van der Waals surface area (Å²) in [6, 6.07) is 7.32. The molecule has 0 spiro atoms. The van der Waals surface area contributed by atoms with Crippen molar-refractivity contribution in [3.63, 3.8) is 0 Å². The van der Waals surface area contributed by atoms with Crippen LogP contribution >= 0.6 is 0 Å². The van der Waals surface area contributed by atoms with E-state index in [4.69, 9.17) is 5.73 Å². The topological polar surface area (TPSA) is 58.4 Å². The smallest absolute Gasteiger partial charge is 0.248 e. The molecule has 0 aromatic heterocycles. The lowest BCUT2D eigenvalue weighted by atomic mass is 9.52. The summed E-state index contributed by atoms with van der Waals surface area (Å²) in [7, 11) is 2.37. The second kappa shape index (κ2) is 8.31. The van der Waals surface area contributed by atoms with Crippen LogP contribution in [0.1, 0.15) is 44.9 Å². The maximum absolute atomic E-state index is 12.2. The number of nitrogens with two attached hydrogens (primary N) is 1. The predicted molar refractivity (Wildman–Crippen MR) is 127 cm³/mol. The van der Waals surface area contributed by atoms with Crippen LogP contribution in [0, 0.1) is 23.7 Å². The van der Waals surface area contributed by atoms with Gasteiger partial charge >= 0.3 is 0 Å². The molecule has 4 heteroatoms. The van der Waals surface area contributed by atoms with Gasteiger partial charge in [-0.1, -0.05) is 30.4 Å². The Morgan fingerprint density at radius 2 is 1.84 bits per heavy atom. The number of hydrogen-bond donors (Lipinski definition) is 2. The molecule has 1 amide bonds. The Morgan fingerprint density at radius 1 is 1.16 bits per heavy atom. The maximum atomic E-state index is 12.2. The first-order chi connectivity index (χ1) is 15.0. The quantitative estimate of drug-likeness (QED) is 0.496. The molecule has 0 heterocycles. The summed E-state index contributed by atoms with van der Waals surface area (Å²) in [5, 5.41) is 2.84. The first-order valence-corrected chi connectivity index (χ1v) is 11.9. The summed E-state index contributed by atoms with van der Waals surface area (Å²) >= 11 is 0. The number of benzene rings is 1. The number of allylic oxidation sites excluding steroid dienone is 4. The molecule has 164 valence electrons. The molecule has 5 aliphatic carbocycles. The fourth-order valence-electron chi connectivity index (χ4n) is 6.98. The van der Waals surface area contributed by atoms with Crippen LogP contribution in [-0.2, 0) is 4.79 Å². The Hall–Kier alpha value is -2.33. The molecule has 0 radical (unpaired) electrons. The minimum absolute atomic E-state index is 0.157. The van der Waals surface area contributed by atoms with Gasteiger partial charge in [0.1, 0.15) is 0 Å². The summed E-state index contributed by atoms with van der Waals surface area (Å²) in [5.74, 6) is 3.38. The molecule has 4 bridgehead atoms. The van der Waals surface area contributed by atoms with Crippen molar-refractivity contribution in [1.29, 1.82) is 0 Å². The highest BCUT2D eigenvalue weighted by molar-refractivity contribution is 6.01. The van der Waals surface area contributed by atoms with Crippen molar-refractivity contribution >= 4 is 17.3 Å². The fraction of sp³-hybridized carbons (Fsp3) is 0.519. The van der Waals surface area contributed by atoms with E-state index in [9.17, 15) is 4.79 Å². The molecule has 1 aromatic carbocycles. The Balaban J connectivity index is 1.14. The fourth-order valence-corrected chi connectivity index (χ4v) is 6.98. The zero-order valence-electron chi connectivity index (χ0n) is 18.6. The van der Waals surface area contributed by atoms with Gasteiger partial charge in [-0.25, -0.2) is 0 Å². The van der Waals surface area contributed by atoms with Crippen LogP contribution in [0.2, 0.25) is 0 Å². The predicted octanol–water partition coefficient (Wildman–Crippen LogP) is 5.17. The summed E-state index contributed by atoms with van der Waals surface area (Å²) in [6.07, 6.45) is 20.1. The van der Waals surface area contributed by atoms with E-state index in [1.54, 1.807) is 12.1 Å². The first kappa shape index (κ1) is 20.6. The van der Waals surface area contributed by atoms with Gasteiger partial charge in [0.05, 0.1) is 11.4 Å². The number of carbonyl (C=O) groups is 1. The molecule has 4 fully saturated rings. The van der Waals surface area contributed by atoms with E-state index < -0.39 is 0 Å². The lowest BCUT2D eigenvalue weighted by molar-refractivity contribution is -0.111. The molecule has 1 unspecified atom stereocenters. The van der Waals surface area contributed by atoms with Gasteiger partial charge in [-0.05, 0) is 99.4 Å². The van der Waals surface area contributed by atoms with Gasteiger partial charge in [-0.3, -0.25) is 4.79 Å². The van der Waals surface area contributed by atoms with Crippen molar-refractivity contribution in [2.75, 3.05) is 24.6 Å². The molecule has 0 aliphatic heterocycles. The minimum Gasteiger partial charge on any atom is -0.397 e. The van der Waals surface area contributed by atoms with Crippen LogP contribution in [0.4, 0.5) is 11.4 Å². The van der Waals surface area contributed by atoms with E-state index in [0.717, 1.165) is 36.3 Å². The summed E-state index contributed by atoms with van der Waals surface area (Å²) in [5.41, 5.74) is 8.70. The Bertz CT molecular complexity index is 893. The number of para-hydroxylation sites is 2. The van der Waals surface area contributed by atoms with E-state index >= 15 is 0 Å². The van der Waals surface area contributed by atoms with Gasteiger partial charge < -0.3 is 16.0 Å². The monoisotopic (exact) mass is 417 g/mol. The molecule has 4 saturated carbocycles. The zero-order chi connectivity index (χ0) is 21.4. The third-order valence-electron chi connectivity index (χ3n) is 8.19. The molecule has 3 N–H and O–H groups in total. The van der Waals surface area contributed by atoms with E-state index in [1.165, 1.54) is 38.5 Å². The highest BCUT2D eigenvalue weighted by Gasteiger charge is 2.52. The van der Waals surface area contributed by atoms with Crippen LogP contribution in [0.5, 0.6) is 0 Å². The summed E-state index contributed by atoms with van der Waals surface area (Å²) in [6.45, 7) is 1.14. The average molecular weight is 418 g/mol. The normalized spacial score (nSPS) is 33.8. The number of hydrogen-bond acceptors (Lipinski definition) is 3. The van der Waals surface area contributed by atoms with E-state index in [-0.39, 0.29) is 5.91 Å². The summed E-state index contributed by atoms with van der Waals surface area (Å²) < 4.78 is 0. The molecule has 4 nitrogen and oxygen atoms in total. The minimum atomic E-state index is -0.157. The lowest BCUT2D eigenvalue weighted by Gasteiger charge is -2.60. The average Bonchev–Trinajstić information content (AvgIpc) is 2.74. The number of carbonyl (C=O) groups excluding carboxylic acids is 1. The second-order valence-corrected chi connectivity index (χ2v) is 10.5. The van der Waals surface area contributed by atoms with Crippen LogP contribution in [0.3, 0.4) is 0 Å². The van der Waals surface area contributed by atoms with Gasteiger partial charge in [0, 0.05) is 18.2 Å². The molecule has 0 saturated heterocycles. The molecule has 5 aliphatic rings. The summed E-state index contributed by atoms with van der Waals surface area (Å²) in [4.78, 5) is 14.9. The van der Waals surface area contributed by atoms with Crippen LogP contribution in [0.25, 0.3) is 0 Å². The largest absolute Gasteiger partial charge is 0.397 e. The van der Waals surface area contributed by atoms with Crippen LogP contribution < -0.4 is 11.1 Å². The van der Waals surface area contributed by atoms with Gasteiger partial charge in [0.2, 0.25) is 5.91 Å². The number of nitrogen functional groups attached to an aromatic ring is 1. The van der Waals surface area contributed by atoms with E-state index in [1.807, 2.05) is 24.3 Å². The lowest BCUT2D eigenvalue weighted by Crippen LogP contribution is -2.59. The van der Waals surface area contributed by atoms with Crippen molar-refractivity contribution in [3.8, 4) is 0 Å². The number of anilines is 2. The van der Waals surface area contributed by atoms with E-state index in [0.29, 0.717) is 22.8 Å². The van der Waals surface area contributed by atoms with Crippen molar-refractivity contribution in [2.24, 2.45) is 23.7 Å². The SMILES string of the molecule is CN(CC1C=CC(/C=C/C(=O)Nc2ccccc2N)=CC1)C12CC3CC(CC(C3)C1)C2. The third-order valence-corrected chi connectivity index (χ3v) is 8.19. The molecule has 6 rings (SSSR count). The molecule has 31 heavy (non-hydrogen) atoms. The number of amides is 1. The highest BCUT2D eigenvalue weighted by atomic mass is 16.1. The van der Waals surface area contributed by atoms with Crippen molar-refractivity contribution < 1.29 is 4.79 Å². The van der Waals surface area contributed by atoms with Crippen molar-refractivity contribution in [1.82, 2.24) is 4.90 Å². The molecule has 1 aromatic rings. The van der Waals surface area contributed by atoms with Crippen molar-refractivity contribution in [2.45, 2.75) is 50.5 Å². The standard InChI is InChI=1S/C27H35N3O/c1-30(27-15-21-12-22(16-27)14-23(13-21)17-27)18-20-8-6-19(7-9-20)10-11-26(31)29-25-5-3-2-4-24(25)28/h2-8,10-11,20-23H,9,12-18,28H2,1H3,(H,29,31)/b11-10+. The van der Waals surface area contributed by atoms with Crippen LogP contribution in [0.15, 0.2) is 60.2 Å². The number of nitrogens with one attached hydrogen (secondary N) is 1. The Kier molecular flexibility index (Phi) is 5.51. The molecular formula is C27H35N3O. The molecule has 1 atom stereocenters. The van der Waals surface area contributed by atoms with Crippen LogP contribution in [-0.4, -0.2) is 29.9 Å². The van der Waals surface area contributed by atoms with Crippen molar-refractivity contribution in [3.05, 3.63) is 60.2 Å². The third kappa shape index (κ3) is 4.36. The first-order valence-electron chi connectivity index (χ1n) is 11.9. The van der Waals surface area contributed by atoms with Gasteiger partial charge in [0.15, 0.2) is 0 Å². The second-order valence-electron chi connectivity index (χ2n) is 10.5. The van der Waals surface area contributed by atoms with Gasteiger partial charge in [0.25, 0.3) is 0 Å². The Labute approximate surface area is 186 Å². The van der Waals surface area contributed by atoms with Gasteiger partial charge in [-0.2, -0.15) is 0 Å². The Morgan fingerprint density at radius 3 is 2.45 bits per heavy atom. The maximum Gasteiger partial charge on any atom is 0.248 e.